The van der Waals surface area contributed by atoms with Crippen LogP contribution < -0.4 is 17.7 Å². The molecule has 2 bridgehead atoms. The molecule has 4 atom stereocenters. The largest absolute Gasteiger partial charge is 1.00 e. The number of allylic oxidation sites excluding steroid dienone is 2. The van der Waals surface area contributed by atoms with Crippen LogP contribution in [-0.4, -0.2) is 23.5 Å². The lowest BCUT2D eigenvalue weighted by molar-refractivity contribution is -0.693. The molecule has 26 heavy (non-hydrogen) atoms. The molecule has 3 N–H and O–H groups in total. The van der Waals surface area contributed by atoms with Gasteiger partial charge in [0.25, 0.3) is 0 Å². The Bertz CT molecular complexity index is 670. The number of rotatable bonds is 7. The molecule has 0 aromatic heterocycles. The molecular formula is C22H32ClNO2. The van der Waals surface area contributed by atoms with Crippen LogP contribution in [0.1, 0.15) is 58.6 Å². The van der Waals surface area contributed by atoms with Crippen LogP contribution in [-0.2, 0) is 4.79 Å². The van der Waals surface area contributed by atoms with Gasteiger partial charge in [-0.1, -0.05) is 57.2 Å². The number of nitrogens with two attached hydrogens (primary N) is 1. The van der Waals surface area contributed by atoms with Crippen LogP contribution in [0.25, 0.3) is 0 Å². The predicted octanol–water partition coefficient (Wildman–Crippen LogP) is 0.0176. The van der Waals surface area contributed by atoms with Crippen molar-refractivity contribution in [2.75, 3.05) is 6.54 Å². The highest BCUT2D eigenvalue weighted by Crippen LogP contribution is 2.65. The van der Waals surface area contributed by atoms with Crippen molar-refractivity contribution in [3.05, 3.63) is 47.5 Å². The fourth-order valence-electron chi connectivity index (χ4n) is 4.79. The summed E-state index contributed by atoms with van der Waals surface area (Å²) in [5.41, 5.74) is 2.25. The minimum absolute atomic E-state index is 0. The van der Waals surface area contributed by atoms with Crippen molar-refractivity contribution in [2.24, 2.45) is 16.7 Å². The van der Waals surface area contributed by atoms with E-state index >= 15 is 0 Å². The Morgan fingerprint density at radius 3 is 2.46 bits per heavy atom. The van der Waals surface area contributed by atoms with E-state index in [-0.39, 0.29) is 29.3 Å². The highest BCUT2D eigenvalue weighted by Gasteiger charge is 2.58. The second kappa shape index (κ2) is 7.84. The van der Waals surface area contributed by atoms with Crippen molar-refractivity contribution in [1.29, 1.82) is 0 Å². The normalized spacial score (nSPS) is 28.2. The second-order valence-corrected chi connectivity index (χ2v) is 8.69. The number of quaternary nitrogens is 1. The Hall–Kier alpha value is -1.16. The molecule has 3 nitrogen and oxygen atoms in total. The molecule has 3 rings (SSSR count). The first kappa shape index (κ1) is 21.1. The molecule has 0 spiro atoms. The maximum Gasteiger partial charge on any atom is 0.164 e. The van der Waals surface area contributed by atoms with Gasteiger partial charge in [0.1, 0.15) is 12.1 Å². The number of fused-ring (bicyclic) bond motifs is 2. The Kier molecular flexibility index (Phi) is 6.37. The zero-order valence-corrected chi connectivity index (χ0v) is 17.1. The molecule has 4 heteroatoms. The van der Waals surface area contributed by atoms with Gasteiger partial charge >= 0.3 is 0 Å². The molecule has 0 amide bonds. The van der Waals surface area contributed by atoms with Gasteiger partial charge in [-0.25, -0.2) is 0 Å². The topological polar surface area (TPSA) is 53.9 Å². The maximum absolute atomic E-state index is 12.8. The third-order valence-electron chi connectivity index (χ3n) is 7.12. The molecule has 2 aliphatic rings. The highest BCUT2D eigenvalue weighted by molar-refractivity contribution is 5.97. The van der Waals surface area contributed by atoms with E-state index in [1.54, 1.807) is 0 Å². The van der Waals surface area contributed by atoms with Gasteiger partial charge in [0, 0.05) is 5.41 Å². The van der Waals surface area contributed by atoms with E-state index in [0.29, 0.717) is 18.1 Å². The molecule has 0 radical (unpaired) electrons. The van der Waals surface area contributed by atoms with Gasteiger partial charge < -0.3 is 22.8 Å². The van der Waals surface area contributed by atoms with Crippen LogP contribution in [0.2, 0.25) is 0 Å². The molecule has 1 fully saturated rings. The number of benzene rings is 1. The van der Waals surface area contributed by atoms with E-state index in [9.17, 15) is 9.90 Å². The molecule has 2 aliphatic carbocycles. The van der Waals surface area contributed by atoms with Gasteiger partial charge in [0.2, 0.25) is 0 Å². The second-order valence-electron chi connectivity index (χ2n) is 8.69. The maximum atomic E-state index is 12.8. The van der Waals surface area contributed by atoms with Crippen LogP contribution >= 0.6 is 0 Å². The summed E-state index contributed by atoms with van der Waals surface area (Å²) in [6, 6.07) is 9.77. The van der Waals surface area contributed by atoms with Gasteiger partial charge in [0.15, 0.2) is 5.78 Å². The highest BCUT2D eigenvalue weighted by atomic mass is 35.5. The number of ketones is 1. The smallest absolute Gasteiger partial charge is 0.164 e. The van der Waals surface area contributed by atoms with Gasteiger partial charge in [-0.2, -0.15) is 0 Å². The zero-order chi connectivity index (χ0) is 18.2. The van der Waals surface area contributed by atoms with E-state index in [0.717, 1.165) is 24.1 Å². The SMILES string of the molecule is CC([NH2+]CCC(=O)C1=CC2CCC1(C)C2(C)C)C(O)c1ccccc1.[Cl-]. The molecule has 144 valence electrons. The van der Waals surface area contributed by atoms with Gasteiger partial charge in [-0.3, -0.25) is 4.79 Å². The lowest BCUT2D eigenvalue weighted by Crippen LogP contribution is -3.00. The lowest BCUT2D eigenvalue weighted by Gasteiger charge is -2.37. The summed E-state index contributed by atoms with van der Waals surface area (Å²) in [5, 5.41) is 12.5. The average Bonchev–Trinajstić information content (AvgIpc) is 2.94. The predicted molar refractivity (Wildman–Crippen MR) is 100.0 cm³/mol. The summed E-state index contributed by atoms with van der Waals surface area (Å²) < 4.78 is 0. The summed E-state index contributed by atoms with van der Waals surface area (Å²) in [5.74, 6) is 0.856. The molecule has 1 saturated carbocycles. The van der Waals surface area contributed by atoms with Crippen molar-refractivity contribution in [2.45, 2.75) is 59.1 Å². The van der Waals surface area contributed by atoms with Crippen LogP contribution in [0, 0.1) is 16.7 Å². The number of hydrogen-bond donors (Lipinski definition) is 2. The molecule has 4 unspecified atom stereocenters. The number of carbonyl (C=O) groups is 1. The minimum atomic E-state index is -0.505. The summed E-state index contributed by atoms with van der Waals surface area (Å²) in [6.07, 6.45) is 4.65. The standard InChI is InChI=1S/C22H31NO2.ClH/c1-15(20(25)16-8-6-5-7-9-16)23-13-11-19(24)18-14-17-10-12-22(18,4)21(17,2)3;/h5-9,14-15,17,20,23,25H,10-13H2,1-4H3;1H. The fraction of sp³-hybridized carbons (Fsp3) is 0.591. The average molecular weight is 378 g/mol. The Balaban J connectivity index is 0.00000243. The number of halogens is 1. The Labute approximate surface area is 163 Å². The Morgan fingerprint density at radius 2 is 1.92 bits per heavy atom. The molecule has 1 aromatic rings. The fourth-order valence-corrected chi connectivity index (χ4v) is 4.79. The van der Waals surface area contributed by atoms with Crippen LogP contribution in [0.3, 0.4) is 0 Å². The zero-order valence-electron chi connectivity index (χ0n) is 16.3. The molecule has 0 heterocycles. The van der Waals surface area contributed by atoms with Gasteiger partial charge in [-0.15, -0.1) is 0 Å². The Morgan fingerprint density at radius 1 is 1.27 bits per heavy atom. The van der Waals surface area contributed by atoms with Crippen molar-refractivity contribution in [3.8, 4) is 0 Å². The van der Waals surface area contributed by atoms with Gasteiger partial charge in [0.05, 0.1) is 13.0 Å². The third kappa shape index (κ3) is 3.49. The lowest BCUT2D eigenvalue weighted by atomic mass is 9.66. The number of hydrogen-bond acceptors (Lipinski definition) is 2. The molecule has 1 aromatic carbocycles. The molecule has 0 aliphatic heterocycles. The van der Waals surface area contributed by atoms with Crippen molar-refractivity contribution in [3.63, 3.8) is 0 Å². The van der Waals surface area contributed by atoms with E-state index in [1.807, 2.05) is 37.3 Å². The quantitative estimate of drug-likeness (QED) is 0.703. The number of carbonyl (C=O) groups excluding carboxylic acids is 1. The van der Waals surface area contributed by atoms with Crippen LogP contribution in [0.15, 0.2) is 42.0 Å². The summed E-state index contributed by atoms with van der Waals surface area (Å²) in [6.45, 7) is 9.64. The van der Waals surface area contributed by atoms with Crippen LogP contribution in [0.4, 0.5) is 0 Å². The summed E-state index contributed by atoms with van der Waals surface area (Å²) in [4.78, 5) is 12.8. The van der Waals surface area contributed by atoms with Crippen molar-refractivity contribution < 1.29 is 27.6 Å². The molecular weight excluding hydrogens is 346 g/mol. The minimum Gasteiger partial charge on any atom is -1.00 e. The first-order chi connectivity index (χ1) is 11.8. The third-order valence-corrected chi connectivity index (χ3v) is 7.12. The van der Waals surface area contributed by atoms with Crippen LogP contribution in [0.5, 0.6) is 0 Å². The van der Waals surface area contributed by atoms with E-state index in [4.69, 9.17) is 0 Å². The number of aliphatic hydroxyl groups is 1. The number of Topliss-reactive ketones (excluding diaryl/α,β-unsaturated/α-hetero) is 1. The molecule has 0 saturated heterocycles. The van der Waals surface area contributed by atoms with E-state index in [1.165, 1.54) is 6.42 Å². The number of aliphatic hydroxyl groups excluding tert-OH is 1. The van der Waals surface area contributed by atoms with Crippen molar-refractivity contribution >= 4 is 5.78 Å². The van der Waals surface area contributed by atoms with Gasteiger partial charge in [-0.05, 0) is 42.2 Å². The van der Waals surface area contributed by atoms with Crippen molar-refractivity contribution in [1.82, 2.24) is 0 Å². The first-order valence-electron chi connectivity index (χ1n) is 9.59. The van der Waals surface area contributed by atoms with E-state index < -0.39 is 6.10 Å². The summed E-state index contributed by atoms with van der Waals surface area (Å²) >= 11 is 0. The first-order valence-corrected chi connectivity index (χ1v) is 9.59. The monoisotopic (exact) mass is 377 g/mol. The summed E-state index contributed by atoms with van der Waals surface area (Å²) in [7, 11) is 0. The van der Waals surface area contributed by atoms with E-state index in [2.05, 4.69) is 32.2 Å².